The van der Waals surface area contributed by atoms with E-state index in [9.17, 15) is 18.7 Å². The molecule has 1 aliphatic heterocycles. The summed E-state index contributed by atoms with van der Waals surface area (Å²) in [6.45, 7) is 1.78. The van der Waals surface area contributed by atoms with Crippen molar-refractivity contribution in [3.05, 3.63) is 88.5 Å². The number of aliphatic hydroxyl groups is 1. The first-order valence-corrected chi connectivity index (χ1v) is 15.6. The molecule has 0 unspecified atom stereocenters. The Hall–Kier alpha value is -4.23. The summed E-state index contributed by atoms with van der Waals surface area (Å²) in [7, 11) is 0. The van der Waals surface area contributed by atoms with Crippen molar-refractivity contribution in [3.8, 4) is 28.1 Å². The lowest BCUT2D eigenvalue weighted by molar-refractivity contribution is -0.119. The Kier molecular flexibility index (Phi) is 11.3. The van der Waals surface area contributed by atoms with Gasteiger partial charge in [0.2, 0.25) is 5.91 Å². The number of benzene rings is 2. The van der Waals surface area contributed by atoms with Crippen LogP contribution >= 0.6 is 11.6 Å². The third-order valence-electron chi connectivity index (χ3n) is 7.84. The van der Waals surface area contributed by atoms with Crippen LogP contribution in [0.25, 0.3) is 22.4 Å². The third-order valence-corrected chi connectivity index (χ3v) is 8.22. The van der Waals surface area contributed by atoms with Crippen molar-refractivity contribution in [1.82, 2.24) is 25.9 Å². The number of hydrogen-bond acceptors (Lipinski definition) is 8. The second kappa shape index (κ2) is 15.6. The lowest BCUT2D eigenvalue weighted by Gasteiger charge is -2.17. The summed E-state index contributed by atoms with van der Waals surface area (Å²) in [4.78, 5) is 20.1. The molecule has 1 fully saturated rings. The summed E-state index contributed by atoms with van der Waals surface area (Å²) in [6.07, 6.45) is 3.73. The van der Waals surface area contributed by atoms with Crippen molar-refractivity contribution in [2.75, 3.05) is 18.4 Å². The number of pyridine rings is 2. The fourth-order valence-corrected chi connectivity index (χ4v) is 5.75. The molecule has 0 bridgehead atoms. The zero-order chi connectivity index (χ0) is 33.5. The van der Waals surface area contributed by atoms with Crippen LogP contribution < -0.4 is 26.0 Å². The maximum atomic E-state index is 15.3. The average molecular weight is 669 g/mol. The van der Waals surface area contributed by atoms with E-state index in [1.165, 1.54) is 12.3 Å². The molecular formula is C34H36ClF3N6O3. The van der Waals surface area contributed by atoms with Gasteiger partial charge >= 0.3 is 6.61 Å². The Morgan fingerprint density at radius 1 is 1.06 bits per heavy atom. The number of alkyl halides is 2. The highest BCUT2D eigenvalue weighted by Crippen LogP contribution is 2.39. The summed E-state index contributed by atoms with van der Waals surface area (Å²) >= 11 is 6.93. The number of aliphatic hydroxyl groups excluding tert-OH is 1. The molecule has 0 radical (unpaired) electrons. The molecule has 248 valence electrons. The van der Waals surface area contributed by atoms with Gasteiger partial charge in [-0.2, -0.15) is 8.78 Å². The van der Waals surface area contributed by atoms with Gasteiger partial charge in [-0.05, 0) is 55.7 Å². The van der Waals surface area contributed by atoms with Crippen molar-refractivity contribution >= 4 is 29.0 Å². The molecule has 1 amide bonds. The van der Waals surface area contributed by atoms with Crippen LogP contribution in [0.3, 0.4) is 0 Å². The Bertz CT molecular complexity index is 1730. The van der Waals surface area contributed by atoms with Crippen LogP contribution in [0.1, 0.15) is 36.5 Å². The highest BCUT2D eigenvalue weighted by atomic mass is 35.5. The molecule has 47 heavy (non-hydrogen) atoms. The highest BCUT2D eigenvalue weighted by molar-refractivity contribution is 6.35. The normalized spacial score (nSPS) is 15.1. The molecule has 0 aliphatic carbocycles. The predicted octanol–water partition coefficient (Wildman–Crippen LogP) is 6.10. The summed E-state index contributed by atoms with van der Waals surface area (Å²) in [6, 6.07) is 13.7. The van der Waals surface area contributed by atoms with Crippen LogP contribution in [-0.4, -0.2) is 52.8 Å². The van der Waals surface area contributed by atoms with E-state index >= 15 is 4.39 Å². The van der Waals surface area contributed by atoms with Gasteiger partial charge in [-0.3, -0.25) is 9.78 Å². The number of hydrogen-bond donors (Lipinski definition) is 5. The zero-order valence-electron chi connectivity index (χ0n) is 25.9. The molecule has 13 heteroatoms. The van der Waals surface area contributed by atoms with Crippen LogP contribution in [0.15, 0.2) is 60.9 Å². The molecule has 9 nitrogen and oxygen atoms in total. The van der Waals surface area contributed by atoms with Crippen LogP contribution in [0, 0.1) is 12.7 Å². The van der Waals surface area contributed by atoms with Gasteiger partial charge in [-0.25, -0.2) is 9.37 Å². The molecule has 2 aromatic carbocycles. The van der Waals surface area contributed by atoms with Gasteiger partial charge in [-0.15, -0.1) is 0 Å². The Morgan fingerprint density at radius 3 is 2.60 bits per heavy atom. The second-order valence-corrected chi connectivity index (χ2v) is 11.7. The number of carbonyl (C=O) groups excluding carboxylic acids is 1. The Morgan fingerprint density at radius 2 is 1.85 bits per heavy atom. The van der Waals surface area contributed by atoms with Crippen molar-refractivity contribution < 1.29 is 27.8 Å². The van der Waals surface area contributed by atoms with E-state index in [-0.39, 0.29) is 36.6 Å². The number of nitrogens with zero attached hydrogens (tertiary/aromatic N) is 2. The van der Waals surface area contributed by atoms with E-state index in [2.05, 4.69) is 31.2 Å². The average Bonchev–Trinajstić information content (AvgIpc) is 3.45. The number of nitrogens with one attached hydrogen (secondary N) is 4. The maximum absolute atomic E-state index is 15.3. The van der Waals surface area contributed by atoms with E-state index in [1.54, 1.807) is 49.5 Å². The fourth-order valence-electron chi connectivity index (χ4n) is 5.43. The zero-order valence-corrected chi connectivity index (χ0v) is 26.7. The number of anilines is 2. The van der Waals surface area contributed by atoms with Crippen LogP contribution in [0.2, 0.25) is 5.02 Å². The first-order valence-electron chi connectivity index (χ1n) is 15.2. The van der Waals surface area contributed by atoms with Gasteiger partial charge < -0.3 is 31.1 Å². The number of amides is 1. The molecule has 1 aliphatic rings. The summed E-state index contributed by atoms with van der Waals surface area (Å²) in [5, 5.41) is 21.9. The minimum Gasteiger partial charge on any atom is -0.434 e. The number of carbonyl (C=O) groups is 1. The lowest BCUT2D eigenvalue weighted by atomic mass is 9.97. The lowest BCUT2D eigenvalue weighted by Crippen LogP contribution is -2.35. The molecular weight excluding hydrogens is 633 g/mol. The molecule has 5 N–H and O–H groups in total. The monoisotopic (exact) mass is 668 g/mol. The quantitative estimate of drug-likeness (QED) is 0.109. The number of halogens is 4. The topological polar surface area (TPSA) is 120 Å². The van der Waals surface area contributed by atoms with Crippen molar-refractivity contribution in [3.63, 3.8) is 0 Å². The molecule has 1 saturated heterocycles. The smallest absolute Gasteiger partial charge is 0.387 e. The van der Waals surface area contributed by atoms with Crippen LogP contribution in [0.5, 0.6) is 5.75 Å². The van der Waals surface area contributed by atoms with E-state index in [4.69, 9.17) is 16.3 Å². The standard InChI is InChI=1S/C34H36ClF3N6O3/c1-19(45)15-39-17-23-10-12-42-33(31(23)36)44-27-5-3-4-25(20(27)2)26-11-13-41-32(30(26)35)21-6-7-22(28(14-21)47-34(37)38)16-40-18-24-8-9-29(46)43-24/h3-7,10-14,19,24,34,39-40,45H,8-9,15-18H2,1-2H3,(H,42,44)(H,43,46)/t19-,24-/m1/s1. The van der Waals surface area contributed by atoms with Gasteiger partial charge in [0, 0.05) is 79.0 Å². The summed E-state index contributed by atoms with van der Waals surface area (Å²) < 4.78 is 47.0. The first kappa shape index (κ1) is 34.1. The van der Waals surface area contributed by atoms with Gasteiger partial charge in [0.1, 0.15) is 5.75 Å². The molecule has 3 heterocycles. The fraction of sp³-hybridized carbons (Fsp3) is 0.324. The highest BCUT2D eigenvalue weighted by Gasteiger charge is 2.21. The number of aromatic nitrogens is 2. The van der Waals surface area contributed by atoms with E-state index in [0.717, 1.165) is 11.1 Å². The van der Waals surface area contributed by atoms with Crippen molar-refractivity contribution in [2.45, 2.75) is 58.5 Å². The number of rotatable bonds is 14. The first-order chi connectivity index (χ1) is 22.6. The van der Waals surface area contributed by atoms with E-state index in [0.29, 0.717) is 64.6 Å². The molecule has 5 rings (SSSR count). The minimum absolute atomic E-state index is 0.00196. The second-order valence-electron chi connectivity index (χ2n) is 11.4. The van der Waals surface area contributed by atoms with Gasteiger partial charge in [0.25, 0.3) is 0 Å². The Labute approximate surface area is 275 Å². The third kappa shape index (κ3) is 8.58. The van der Waals surface area contributed by atoms with Gasteiger partial charge in [0.15, 0.2) is 11.6 Å². The molecule has 2 aromatic heterocycles. The van der Waals surface area contributed by atoms with Gasteiger partial charge in [-0.1, -0.05) is 35.9 Å². The Balaban J connectivity index is 1.38. The van der Waals surface area contributed by atoms with Crippen LogP contribution in [0.4, 0.5) is 24.7 Å². The predicted molar refractivity (Wildman–Crippen MR) is 175 cm³/mol. The molecule has 0 saturated carbocycles. The minimum atomic E-state index is -3.04. The maximum Gasteiger partial charge on any atom is 0.387 e. The number of ether oxygens (including phenoxy) is 1. The summed E-state index contributed by atoms with van der Waals surface area (Å²) in [5.74, 6) is -0.464. The van der Waals surface area contributed by atoms with Crippen molar-refractivity contribution in [2.24, 2.45) is 0 Å². The van der Waals surface area contributed by atoms with E-state index in [1.807, 2.05) is 13.0 Å². The SMILES string of the molecule is Cc1c(Nc2nccc(CNC[C@@H](C)O)c2F)cccc1-c1ccnc(-c2ccc(CNC[C@H]3CCC(=O)N3)c(OC(F)F)c2)c1Cl. The summed E-state index contributed by atoms with van der Waals surface area (Å²) in [5.41, 5.74) is 4.55. The molecule has 0 spiro atoms. The van der Waals surface area contributed by atoms with Gasteiger partial charge in [0.05, 0.1) is 16.8 Å². The molecule has 2 atom stereocenters. The largest absolute Gasteiger partial charge is 0.434 e. The van der Waals surface area contributed by atoms with Crippen molar-refractivity contribution in [1.29, 1.82) is 0 Å². The molecule has 4 aromatic rings. The van der Waals surface area contributed by atoms with E-state index < -0.39 is 18.5 Å². The van der Waals surface area contributed by atoms with Crippen LogP contribution in [-0.2, 0) is 17.9 Å².